The number of ether oxygens (including phenoxy) is 1. The first-order valence-electron chi connectivity index (χ1n) is 5.29. The van der Waals surface area contributed by atoms with Crippen molar-refractivity contribution in [3.05, 3.63) is 12.2 Å². The summed E-state index contributed by atoms with van der Waals surface area (Å²) in [6, 6.07) is 0. The van der Waals surface area contributed by atoms with Crippen LogP contribution in [0, 0.1) is 0 Å². The molecule has 0 aliphatic heterocycles. The number of carbonyl (C=O) groups is 1. The molecule has 0 fully saturated rings. The van der Waals surface area contributed by atoms with E-state index in [0.29, 0.717) is 12.8 Å². The van der Waals surface area contributed by atoms with Gasteiger partial charge < -0.3 is 20.1 Å². The van der Waals surface area contributed by atoms with Crippen molar-refractivity contribution in [1.29, 1.82) is 0 Å². The Morgan fingerprint density at radius 3 is 2.38 bits per heavy atom. The summed E-state index contributed by atoms with van der Waals surface area (Å²) >= 11 is 0. The van der Waals surface area contributed by atoms with Crippen molar-refractivity contribution in [2.75, 3.05) is 13.2 Å². The summed E-state index contributed by atoms with van der Waals surface area (Å²) in [5.41, 5.74) is 0.247. The van der Waals surface area contributed by atoms with Crippen molar-refractivity contribution in [3.63, 3.8) is 0 Å². The van der Waals surface area contributed by atoms with Crippen LogP contribution in [-0.4, -0.2) is 46.7 Å². The number of aliphatic hydroxyl groups excluding tert-OH is 3. The number of aliphatic hydroxyl groups is 3. The van der Waals surface area contributed by atoms with Crippen LogP contribution in [0.3, 0.4) is 0 Å². The van der Waals surface area contributed by atoms with Crippen molar-refractivity contribution >= 4 is 5.97 Å². The maximum absolute atomic E-state index is 11.2. The Kier molecular flexibility index (Phi) is 7.80. The van der Waals surface area contributed by atoms with E-state index in [2.05, 4.69) is 6.58 Å². The minimum atomic E-state index is -0.873. The number of hydrogen-bond donors (Lipinski definition) is 3. The molecule has 0 amide bonds. The molecule has 0 aromatic heterocycles. The van der Waals surface area contributed by atoms with Crippen LogP contribution in [-0.2, 0) is 9.53 Å². The first kappa shape index (κ1) is 15.1. The normalized spacial score (nSPS) is 14.2. The summed E-state index contributed by atoms with van der Waals surface area (Å²) in [7, 11) is 0. The van der Waals surface area contributed by atoms with Gasteiger partial charge >= 0.3 is 5.97 Å². The zero-order valence-corrected chi connectivity index (χ0v) is 9.56. The molecule has 94 valence electrons. The van der Waals surface area contributed by atoms with E-state index in [9.17, 15) is 9.90 Å². The average molecular weight is 232 g/mol. The van der Waals surface area contributed by atoms with E-state index in [4.69, 9.17) is 14.9 Å². The van der Waals surface area contributed by atoms with Gasteiger partial charge in [-0.15, -0.1) is 0 Å². The Balaban J connectivity index is 4.24. The van der Waals surface area contributed by atoms with Gasteiger partial charge in [-0.2, -0.15) is 0 Å². The van der Waals surface area contributed by atoms with Crippen LogP contribution in [0.5, 0.6) is 0 Å². The van der Waals surface area contributed by atoms with Gasteiger partial charge in [0.2, 0.25) is 0 Å². The summed E-state index contributed by atoms with van der Waals surface area (Å²) in [6.07, 6.45) is -0.701. The summed E-state index contributed by atoms with van der Waals surface area (Å²) in [5, 5.41) is 27.1. The third-order valence-electron chi connectivity index (χ3n) is 2.11. The minimum Gasteiger partial charge on any atom is -0.456 e. The maximum atomic E-state index is 11.2. The fourth-order valence-electron chi connectivity index (χ4n) is 1.18. The number of carbonyl (C=O) groups excluding carboxylic acids is 1. The van der Waals surface area contributed by atoms with Crippen LogP contribution in [0.1, 0.15) is 26.2 Å². The summed E-state index contributed by atoms with van der Waals surface area (Å²) in [6.45, 7) is 4.74. The van der Waals surface area contributed by atoms with Gasteiger partial charge in [0.1, 0.15) is 6.10 Å². The van der Waals surface area contributed by atoms with Crippen molar-refractivity contribution in [1.82, 2.24) is 0 Å². The van der Waals surface area contributed by atoms with Gasteiger partial charge in [0, 0.05) is 25.2 Å². The molecule has 0 saturated heterocycles. The molecule has 0 saturated carbocycles. The van der Waals surface area contributed by atoms with Crippen LogP contribution in [0.2, 0.25) is 0 Å². The van der Waals surface area contributed by atoms with E-state index in [0.717, 1.165) is 0 Å². The molecule has 0 aromatic carbocycles. The molecule has 0 aromatic rings. The zero-order valence-electron chi connectivity index (χ0n) is 9.56. The second-order valence-electron chi connectivity index (χ2n) is 3.67. The lowest BCUT2D eigenvalue weighted by molar-refractivity contribution is -0.151. The minimum absolute atomic E-state index is 0.0304. The van der Waals surface area contributed by atoms with E-state index in [1.807, 2.05) is 0 Å². The van der Waals surface area contributed by atoms with Crippen LogP contribution in [0.15, 0.2) is 12.2 Å². The molecule has 0 heterocycles. The van der Waals surface area contributed by atoms with E-state index < -0.39 is 18.2 Å². The molecule has 0 rings (SSSR count). The third kappa shape index (κ3) is 5.85. The number of rotatable bonds is 8. The molecule has 5 heteroatoms. The zero-order chi connectivity index (χ0) is 12.6. The average Bonchev–Trinajstić information content (AvgIpc) is 2.24. The topological polar surface area (TPSA) is 87.0 Å². The molecule has 16 heavy (non-hydrogen) atoms. The summed E-state index contributed by atoms with van der Waals surface area (Å²) in [5.74, 6) is -0.582. The molecule has 2 unspecified atom stereocenters. The fourth-order valence-corrected chi connectivity index (χ4v) is 1.18. The maximum Gasteiger partial charge on any atom is 0.333 e. The molecular formula is C11H20O5. The Bertz CT molecular complexity index is 226. The lowest BCUT2D eigenvalue weighted by Crippen LogP contribution is -2.32. The highest BCUT2D eigenvalue weighted by Gasteiger charge is 2.22. The molecule has 0 spiro atoms. The van der Waals surface area contributed by atoms with Gasteiger partial charge in [-0.1, -0.05) is 6.58 Å². The molecule has 3 N–H and O–H groups in total. The molecule has 0 aliphatic rings. The second-order valence-corrected chi connectivity index (χ2v) is 3.67. The second kappa shape index (κ2) is 8.27. The largest absolute Gasteiger partial charge is 0.456 e. The molecular weight excluding hydrogens is 212 g/mol. The van der Waals surface area contributed by atoms with Crippen LogP contribution >= 0.6 is 0 Å². The lowest BCUT2D eigenvalue weighted by atomic mass is 10.1. The highest BCUT2D eigenvalue weighted by Crippen LogP contribution is 2.11. The van der Waals surface area contributed by atoms with Crippen molar-refractivity contribution < 1.29 is 24.9 Å². The lowest BCUT2D eigenvalue weighted by Gasteiger charge is -2.22. The van der Waals surface area contributed by atoms with Gasteiger partial charge in [0.15, 0.2) is 0 Å². The first-order valence-corrected chi connectivity index (χ1v) is 5.29. The number of hydrogen-bond acceptors (Lipinski definition) is 5. The predicted molar refractivity (Wildman–Crippen MR) is 58.7 cm³/mol. The van der Waals surface area contributed by atoms with E-state index in [-0.39, 0.29) is 25.2 Å². The Morgan fingerprint density at radius 1 is 1.31 bits per heavy atom. The van der Waals surface area contributed by atoms with Gasteiger partial charge in [0.25, 0.3) is 0 Å². The molecule has 0 aliphatic carbocycles. The molecule has 2 atom stereocenters. The van der Waals surface area contributed by atoms with Gasteiger partial charge in [0.05, 0.1) is 6.10 Å². The fraction of sp³-hybridized carbons (Fsp3) is 0.727. The van der Waals surface area contributed by atoms with Crippen LogP contribution in [0.25, 0.3) is 0 Å². The van der Waals surface area contributed by atoms with Crippen molar-refractivity contribution in [3.8, 4) is 0 Å². The van der Waals surface area contributed by atoms with Gasteiger partial charge in [-0.3, -0.25) is 0 Å². The summed E-state index contributed by atoms with van der Waals surface area (Å²) < 4.78 is 4.98. The number of esters is 1. The molecule has 5 nitrogen and oxygen atoms in total. The van der Waals surface area contributed by atoms with Gasteiger partial charge in [-0.25, -0.2) is 4.79 Å². The Morgan fingerprint density at radius 2 is 1.94 bits per heavy atom. The summed E-state index contributed by atoms with van der Waals surface area (Å²) in [4.78, 5) is 11.2. The van der Waals surface area contributed by atoms with E-state index >= 15 is 0 Å². The first-order chi connectivity index (χ1) is 7.52. The highest BCUT2D eigenvalue weighted by atomic mass is 16.6. The quantitative estimate of drug-likeness (QED) is 0.405. The monoisotopic (exact) mass is 232 g/mol. The van der Waals surface area contributed by atoms with Crippen molar-refractivity contribution in [2.24, 2.45) is 0 Å². The van der Waals surface area contributed by atoms with E-state index in [1.165, 1.54) is 6.92 Å². The standard InChI is InChI=1S/C11H20O5/c1-8(2)11(15)16-10(5-7-13)9(14)4-3-6-12/h9-10,12-14H,1,3-7H2,2H3. The van der Waals surface area contributed by atoms with E-state index in [1.54, 1.807) is 0 Å². The molecule has 0 bridgehead atoms. The smallest absolute Gasteiger partial charge is 0.333 e. The SMILES string of the molecule is C=C(C)C(=O)OC(CCO)C(O)CCCO. The van der Waals surface area contributed by atoms with Crippen LogP contribution < -0.4 is 0 Å². The Labute approximate surface area is 95.4 Å². The predicted octanol–water partition coefficient (Wildman–Crippen LogP) is -0.00990. The third-order valence-corrected chi connectivity index (χ3v) is 2.11. The molecule has 0 radical (unpaired) electrons. The van der Waals surface area contributed by atoms with Crippen LogP contribution in [0.4, 0.5) is 0 Å². The highest BCUT2D eigenvalue weighted by molar-refractivity contribution is 5.87. The van der Waals surface area contributed by atoms with Gasteiger partial charge in [-0.05, 0) is 19.8 Å². The Hall–Kier alpha value is -0.910. The van der Waals surface area contributed by atoms with Crippen molar-refractivity contribution in [2.45, 2.75) is 38.4 Å².